The molecule has 2 heterocycles. The van der Waals surface area contributed by atoms with Gasteiger partial charge in [0.25, 0.3) is 5.91 Å². The molecule has 7 nitrogen and oxygen atoms in total. The molecule has 210 valence electrons. The number of rotatable bonds is 9. The maximum absolute atomic E-state index is 14.2. The van der Waals surface area contributed by atoms with Crippen molar-refractivity contribution in [3.8, 4) is 0 Å². The zero-order valence-corrected chi connectivity index (χ0v) is 21.9. The number of ketones is 1. The lowest BCUT2D eigenvalue weighted by atomic mass is 9.82. The second-order valence-corrected chi connectivity index (χ2v) is 10.5. The zero-order chi connectivity index (χ0) is 28.7. The van der Waals surface area contributed by atoms with Crippen LogP contribution in [0.4, 0.5) is 18.9 Å². The van der Waals surface area contributed by atoms with E-state index in [0.717, 1.165) is 25.0 Å². The molecule has 1 fully saturated rings. The SMILES string of the molecule is CN1C(=O)C(N)(C(=O)[C@H](CC2CC2)[C@@H](O)CCc2ccco2)N=C(c2ccc(C(F)(F)F)cc2)c2ccccc21. The number of benzene rings is 2. The van der Waals surface area contributed by atoms with Gasteiger partial charge < -0.3 is 14.4 Å². The van der Waals surface area contributed by atoms with E-state index in [1.165, 1.54) is 30.3 Å². The van der Waals surface area contributed by atoms with Crippen LogP contribution in [0.1, 0.15) is 48.1 Å². The van der Waals surface area contributed by atoms with Crippen molar-refractivity contribution in [1.29, 1.82) is 0 Å². The number of alkyl halides is 3. The van der Waals surface area contributed by atoms with E-state index in [1.54, 1.807) is 36.4 Å². The number of anilines is 1. The van der Waals surface area contributed by atoms with Crippen LogP contribution >= 0.6 is 0 Å². The van der Waals surface area contributed by atoms with Gasteiger partial charge in [-0.1, -0.05) is 43.2 Å². The number of nitrogens with two attached hydrogens (primary N) is 1. The lowest BCUT2D eigenvalue weighted by Crippen LogP contribution is -2.61. The van der Waals surface area contributed by atoms with Crippen molar-refractivity contribution in [2.75, 3.05) is 11.9 Å². The summed E-state index contributed by atoms with van der Waals surface area (Å²) in [6.45, 7) is 0. The Morgan fingerprint density at radius 3 is 2.48 bits per heavy atom. The highest BCUT2D eigenvalue weighted by molar-refractivity contribution is 6.26. The fourth-order valence-electron chi connectivity index (χ4n) is 5.19. The molecule has 1 unspecified atom stereocenters. The van der Waals surface area contributed by atoms with Crippen LogP contribution in [0.5, 0.6) is 0 Å². The second kappa shape index (κ2) is 10.7. The van der Waals surface area contributed by atoms with Gasteiger partial charge in [0.15, 0.2) is 5.78 Å². The molecule has 5 rings (SSSR count). The highest BCUT2D eigenvalue weighted by Crippen LogP contribution is 2.40. The van der Waals surface area contributed by atoms with Crippen molar-refractivity contribution in [2.45, 2.75) is 50.0 Å². The zero-order valence-electron chi connectivity index (χ0n) is 21.9. The number of aliphatic hydroxyl groups excluding tert-OH is 1. The Morgan fingerprint density at radius 1 is 1.15 bits per heavy atom. The van der Waals surface area contributed by atoms with Gasteiger partial charge in [-0.3, -0.25) is 15.3 Å². The number of amides is 1. The average Bonchev–Trinajstić information content (AvgIpc) is 3.63. The van der Waals surface area contributed by atoms with Gasteiger partial charge in [0.05, 0.1) is 29.3 Å². The number of carbonyl (C=O) groups excluding carboxylic acids is 2. The summed E-state index contributed by atoms with van der Waals surface area (Å²) in [4.78, 5) is 33.8. The van der Waals surface area contributed by atoms with E-state index in [2.05, 4.69) is 4.99 Å². The van der Waals surface area contributed by atoms with Gasteiger partial charge in [-0.15, -0.1) is 0 Å². The Labute approximate surface area is 229 Å². The quantitative estimate of drug-likeness (QED) is 0.372. The Bertz CT molecular complexity index is 1410. The minimum absolute atomic E-state index is 0.119. The number of fused-ring (bicyclic) bond motifs is 1. The molecule has 2 aromatic carbocycles. The number of aliphatic hydroxyl groups is 1. The summed E-state index contributed by atoms with van der Waals surface area (Å²) in [5.41, 5.74) is 4.61. The third-order valence-corrected chi connectivity index (χ3v) is 7.65. The van der Waals surface area contributed by atoms with E-state index in [-0.39, 0.29) is 23.6 Å². The molecule has 40 heavy (non-hydrogen) atoms. The summed E-state index contributed by atoms with van der Waals surface area (Å²) in [6.07, 6.45) is -1.34. The Hall–Kier alpha value is -3.76. The number of furan rings is 1. The predicted octanol–water partition coefficient (Wildman–Crippen LogP) is 4.75. The number of Topliss-reactive ketones (excluding diaryl/α,β-unsaturated/α-hetero) is 1. The maximum atomic E-state index is 14.2. The summed E-state index contributed by atoms with van der Waals surface area (Å²) in [5, 5.41) is 11.2. The Balaban J connectivity index is 1.56. The summed E-state index contributed by atoms with van der Waals surface area (Å²) in [5.74, 6) is -1.60. The third kappa shape index (κ3) is 5.46. The fourth-order valence-corrected chi connectivity index (χ4v) is 5.19. The van der Waals surface area contributed by atoms with Crippen LogP contribution in [-0.4, -0.2) is 41.3 Å². The molecule has 3 atom stereocenters. The molecule has 1 aromatic heterocycles. The van der Waals surface area contributed by atoms with E-state index in [9.17, 15) is 27.9 Å². The largest absolute Gasteiger partial charge is 0.469 e. The van der Waals surface area contributed by atoms with Gasteiger partial charge >= 0.3 is 6.18 Å². The van der Waals surface area contributed by atoms with E-state index in [1.807, 2.05) is 0 Å². The molecular weight excluding hydrogens is 523 g/mol. The second-order valence-electron chi connectivity index (χ2n) is 10.5. The first kappa shape index (κ1) is 27.8. The molecule has 3 aromatic rings. The van der Waals surface area contributed by atoms with E-state index in [4.69, 9.17) is 10.2 Å². The first-order valence-corrected chi connectivity index (χ1v) is 13.2. The lowest BCUT2D eigenvalue weighted by molar-refractivity contribution is -0.139. The van der Waals surface area contributed by atoms with Crippen LogP contribution < -0.4 is 10.6 Å². The van der Waals surface area contributed by atoms with E-state index in [0.29, 0.717) is 29.9 Å². The highest BCUT2D eigenvalue weighted by Gasteiger charge is 2.51. The molecular formula is C30H30F3N3O4. The number of aliphatic imine (C=N–C) groups is 1. The smallest absolute Gasteiger partial charge is 0.416 e. The number of nitrogens with zero attached hydrogens (tertiary/aromatic N) is 2. The van der Waals surface area contributed by atoms with Crippen molar-refractivity contribution in [3.63, 3.8) is 0 Å². The van der Waals surface area contributed by atoms with Crippen molar-refractivity contribution in [1.82, 2.24) is 0 Å². The van der Waals surface area contributed by atoms with Crippen LogP contribution in [0.25, 0.3) is 0 Å². The van der Waals surface area contributed by atoms with Crippen LogP contribution in [0.15, 0.2) is 76.3 Å². The molecule has 3 N–H and O–H groups in total. The molecule has 0 radical (unpaired) electrons. The fraction of sp³-hybridized carbons (Fsp3) is 0.367. The Morgan fingerprint density at radius 2 is 1.85 bits per heavy atom. The molecule has 1 saturated carbocycles. The summed E-state index contributed by atoms with van der Waals surface area (Å²) in [6, 6.07) is 14.6. The lowest BCUT2D eigenvalue weighted by Gasteiger charge is -2.31. The normalized spacial score (nSPS) is 20.9. The standard InChI is InChI=1S/C30H30F3N3O4/c1-36-24-7-3-2-6-22(24)26(19-10-12-20(13-11-19)30(31,32)33)35-29(34,28(36)39)27(38)23(17-18-8-9-18)25(37)15-14-21-5-4-16-40-21/h2-7,10-13,16,18,23,25,37H,8-9,14-15,17,34H2,1H3/t23-,25+,29?/m1/s1. The van der Waals surface area contributed by atoms with Gasteiger partial charge in [-0.2, -0.15) is 13.2 Å². The van der Waals surface area contributed by atoms with Gasteiger partial charge in [0.1, 0.15) is 5.76 Å². The molecule has 1 aliphatic heterocycles. The number of benzodiazepines with no additional fused rings is 1. The van der Waals surface area contributed by atoms with Crippen molar-refractivity contribution >= 4 is 23.1 Å². The minimum atomic E-state index is -4.53. The Kier molecular flexibility index (Phi) is 7.41. The number of hydrogen-bond acceptors (Lipinski definition) is 6. The third-order valence-electron chi connectivity index (χ3n) is 7.65. The van der Waals surface area contributed by atoms with E-state index < -0.39 is 41.1 Å². The molecule has 0 saturated heterocycles. The molecule has 0 spiro atoms. The van der Waals surface area contributed by atoms with Crippen LogP contribution in [0.2, 0.25) is 0 Å². The number of likely N-dealkylation sites (N-methyl/N-ethyl adjacent to an activating group) is 1. The van der Waals surface area contributed by atoms with Crippen molar-refractivity contribution < 1.29 is 32.3 Å². The number of para-hydroxylation sites is 1. The first-order chi connectivity index (χ1) is 19.0. The van der Waals surface area contributed by atoms with Crippen molar-refractivity contribution in [3.05, 3.63) is 89.4 Å². The van der Waals surface area contributed by atoms with Crippen LogP contribution in [0, 0.1) is 11.8 Å². The van der Waals surface area contributed by atoms with Gasteiger partial charge in [-0.05, 0) is 49.1 Å². The molecule has 0 bridgehead atoms. The van der Waals surface area contributed by atoms with Gasteiger partial charge in [0.2, 0.25) is 5.66 Å². The summed E-state index contributed by atoms with van der Waals surface area (Å²) < 4.78 is 45.1. The molecule has 1 aliphatic carbocycles. The molecule has 1 amide bonds. The van der Waals surface area contributed by atoms with Gasteiger partial charge in [-0.25, -0.2) is 4.99 Å². The van der Waals surface area contributed by atoms with Crippen LogP contribution in [-0.2, 0) is 22.2 Å². The van der Waals surface area contributed by atoms with E-state index >= 15 is 0 Å². The van der Waals surface area contributed by atoms with Crippen LogP contribution in [0.3, 0.4) is 0 Å². The topological polar surface area (TPSA) is 109 Å². The van der Waals surface area contributed by atoms with Crippen molar-refractivity contribution in [2.24, 2.45) is 22.6 Å². The first-order valence-electron chi connectivity index (χ1n) is 13.2. The maximum Gasteiger partial charge on any atom is 0.416 e. The summed E-state index contributed by atoms with van der Waals surface area (Å²) >= 11 is 0. The number of hydrogen-bond donors (Lipinski definition) is 2. The average molecular weight is 554 g/mol. The number of halogens is 3. The van der Waals surface area contributed by atoms with Gasteiger partial charge in [0, 0.05) is 30.5 Å². The monoisotopic (exact) mass is 553 g/mol. The number of carbonyl (C=O) groups is 2. The highest BCUT2D eigenvalue weighted by atomic mass is 19.4. The molecule has 10 heteroatoms. The summed E-state index contributed by atoms with van der Waals surface area (Å²) in [7, 11) is 1.48. The number of aryl methyl sites for hydroxylation is 1. The minimum Gasteiger partial charge on any atom is -0.469 e. The predicted molar refractivity (Wildman–Crippen MR) is 143 cm³/mol. The molecule has 2 aliphatic rings.